The fourth-order valence-corrected chi connectivity index (χ4v) is 3.49. The molecule has 0 saturated heterocycles. The summed E-state index contributed by atoms with van der Waals surface area (Å²) in [6.07, 6.45) is 3.55. The number of rotatable bonds is 4. The van der Waals surface area contributed by atoms with E-state index in [0.29, 0.717) is 5.01 Å². The molecule has 6 nitrogen and oxygen atoms in total. The lowest BCUT2D eigenvalue weighted by Gasteiger charge is -2.21. The molecule has 2 N–H and O–H groups in total. The van der Waals surface area contributed by atoms with Gasteiger partial charge in [-0.25, -0.2) is 15.0 Å². The highest BCUT2D eigenvalue weighted by Gasteiger charge is 2.25. The molecule has 0 fully saturated rings. The number of fused-ring (bicyclic) bond motifs is 3. The first-order chi connectivity index (χ1) is 10.1. The van der Waals surface area contributed by atoms with Gasteiger partial charge in [0.05, 0.1) is 16.3 Å². The lowest BCUT2D eigenvalue weighted by Crippen LogP contribution is -2.24. The van der Waals surface area contributed by atoms with Crippen LogP contribution >= 0.6 is 11.3 Å². The van der Waals surface area contributed by atoms with Gasteiger partial charge >= 0.3 is 0 Å². The van der Waals surface area contributed by atoms with Crippen LogP contribution in [-0.4, -0.2) is 33.9 Å². The van der Waals surface area contributed by atoms with Crippen molar-refractivity contribution in [2.75, 3.05) is 18.0 Å². The molecule has 0 bridgehead atoms. The molecule has 21 heavy (non-hydrogen) atoms. The van der Waals surface area contributed by atoms with Gasteiger partial charge in [0.2, 0.25) is 5.95 Å². The third kappa shape index (κ3) is 2.37. The lowest BCUT2D eigenvalue weighted by atomic mass is 10.00. The summed E-state index contributed by atoms with van der Waals surface area (Å²) < 4.78 is 0. The number of carbonyl (C=O) groups excluding carboxylic acids is 1. The van der Waals surface area contributed by atoms with Crippen molar-refractivity contribution in [2.24, 2.45) is 5.73 Å². The van der Waals surface area contributed by atoms with E-state index < -0.39 is 5.91 Å². The molecule has 1 aliphatic rings. The van der Waals surface area contributed by atoms with Gasteiger partial charge in [-0.15, -0.1) is 11.3 Å². The van der Waals surface area contributed by atoms with Gasteiger partial charge in [-0.3, -0.25) is 4.79 Å². The van der Waals surface area contributed by atoms with Crippen LogP contribution in [0.15, 0.2) is 6.20 Å². The van der Waals surface area contributed by atoms with Gasteiger partial charge in [0.1, 0.15) is 0 Å². The van der Waals surface area contributed by atoms with Crippen LogP contribution in [0.2, 0.25) is 0 Å². The normalized spacial score (nSPS) is 12.7. The Hall–Kier alpha value is -2.02. The summed E-state index contributed by atoms with van der Waals surface area (Å²) >= 11 is 1.33. The van der Waals surface area contributed by atoms with Crippen molar-refractivity contribution in [1.82, 2.24) is 15.0 Å². The molecule has 2 aromatic heterocycles. The zero-order valence-corrected chi connectivity index (χ0v) is 12.9. The van der Waals surface area contributed by atoms with Crippen LogP contribution in [0.4, 0.5) is 5.95 Å². The van der Waals surface area contributed by atoms with Crippen LogP contribution in [0.1, 0.15) is 34.9 Å². The first kappa shape index (κ1) is 13.9. The smallest absolute Gasteiger partial charge is 0.277 e. The van der Waals surface area contributed by atoms with Crippen molar-refractivity contribution in [3.05, 3.63) is 22.5 Å². The third-order valence-corrected chi connectivity index (χ3v) is 4.77. The van der Waals surface area contributed by atoms with Gasteiger partial charge in [0.25, 0.3) is 5.91 Å². The van der Waals surface area contributed by atoms with E-state index in [9.17, 15) is 4.79 Å². The highest BCUT2D eigenvalue weighted by atomic mass is 32.1. The summed E-state index contributed by atoms with van der Waals surface area (Å²) in [5.74, 6) is 0.245. The third-order valence-electron chi connectivity index (χ3n) is 3.65. The maximum Gasteiger partial charge on any atom is 0.277 e. The molecular formula is C14H17N5OS. The Morgan fingerprint density at radius 3 is 2.76 bits per heavy atom. The molecule has 1 amide bonds. The minimum absolute atomic E-state index is 0.357. The number of nitrogens with zero attached hydrogens (tertiary/aromatic N) is 4. The van der Waals surface area contributed by atoms with E-state index >= 15 is 0 Å². The molecule has 0 aliphatic heterocycles. The van der Waals surface area contributed by atoms with E-state index in [1.165, 1.54) is 11.3 Å². The van der Waals surface area contributed by atoms with Crippen LogP contribution in [0, 0.1) is 0 Å². The summed E-state index contributed by atoms with van der Waals surface area (Å²) in [4.78, 5) is 27.9. The molecule has 2 aromatic rings. The number of aryl methyl sites for hydroxylation is 2. The molecule has 0 aromatic carbocycles. The zero-order chi connectivity index (χ0) is 15.0. The topological polar surface area (TPSA) is 85.0 Å². The maximum absolute atomic E-state index is 11.3. The number of amides is 1. The number of carbonyl (C=O) groups is 1. The molecular weight excluding hydrogens is 286 g/mol. The second kappa shape index (κ2) is 5.40. The molecule has 0 spiro atoms. The molecule has 0 atom stereocenters. The quantitative estimate of drug-likeness (QED) is 0.928. The molecule has 0 radical (unpaired) electrons. The van der Waals surface area contributed by atoms with Crippen molar-refractivity contribution in [3.8, 4) is 10.6 Å². The molecule has 1 aliphatic carbocycles. The SMILES string of the molecule is CCN(CC)c1ncc2c(n1)-c1sc(C(N)=O)nc1CC2. The summed E-state index contributed by atoms with van der Waals surface area (Å²) in [7, 11) is 0. The monoisotopic (exact) mass is 303 g/mol. The lowest BCUT2D eigenvalue weighted by molar-refractivity contribution is 0.1000. The van der Waals surface area contributed by atoms with Gasteiger partial charge in [0.15, 0.2) is 5.01 Å². The summed E-state index contributed by atoms with van der Waals surface area (Å²) in [6, 6.07) is 0. The van der Waals surface area contributed by atoms with E-state index in [1.807, 2.05) is 6.20 Å². The predicted octanol–water partition coefficient (Wildman–Crippen LogP) is 1.64. The Kier molecular flexibility index (Phi) is 3.59. The van der Waals surface area contributed by atoms with Gasteiger partial charge in [-0.05, 0) is 32.3 Å². The summed E-state index contributed by atoms with van der Waals surface area (Å²) in [5, 5.41) is 0.357. The van der Waals surface area contributed by atoms with Gasteiger partial charge in [0, 0.05) is 19.3 Å². The highest BCUT2D eigenvalue weighted by molar-refractivity contribution is 7.17. The van der Waals surface area contributed by atoms with Gasteiger partial charge in [-0.2, -0.15) is 0 Å². The molecule has 2 heterocycles. The van der Waals surface area contributed by atoms with Crippen molar-refractivity contribution in [2.45, 2.75) is 26.7 Å². The average Bonchev–Trinajstić information content (AvgIpc) is 2.93. The number of aromatic nitrogens is 3. The molecule has 7 heteroatoms. The summed E-state index contributed by atoms with van der Waals surface area (Å²) in [5.41, 5.74) is 8.27. The highest BCUT2D eigenvalue weighted by Crippen LogP contribution is 2.36. The van der Waals surface area contributed by atoms with Crippen molar-refractivity contribution in [1.29, 1.82) is 0 Å². The van der Waals surface area contributed by atoms with Crippen LogP contribution in [-0.2, 0) is 12.8 Å². The number of thiazole rings is 1. The Morgan fingerprint density at radius 2 is 2.10 bits per heavy atom. The Balaban J connectivity index is 2.09. The van der Waals surface area contributed by atoms with Crippen LogP contribution in [0.25, 0.3) is 10.6 Å². The van der Waals surface area contributed by atoms with E-state index in [4.69, 9.17) is 10.7 Å². The Morgan fingerprint density at radius 1 is 1.33 bits per heavy atom. The number of primary amides is 1. The minimum atomic E-state index is -0.478. The number of hydrogen-bond donors (Lipinski definition) is 1. The van der Waals surface area contributed by atoms with Crippen molar-refractivity contribution >= 4 is 23.2 Å². The molecule has 0 saturated carbocycles. The number of nitrogens with two attached hydrogens (primary N) is 1. The summed E-state index contributed by atoms with van der Waals surface area (Å²) in [6.45, 7) is 5.87. The fourth-order valence-electron chi connectivity index (χ4n) is 2.50. The van der Waals surface area contributed by atoms with Crippen LogP contribution in [0.3, 0.4) is 0 Å². The average molecular weight is 303 g/mol. The van der Waals surface area contributed by atoms with Crippen molar-refractivity contribution < 1.29 is 4.79 Å². The number of anilines is 1. The minimum Gasteiger partial charge on any atom is -0.364 e. The molecule has 110 valence electrons. The fraction of sp³-hybridized carbons (Fsp3) is 0.429. The second-order valence-corrected chi connectivity index (χ2v) is 5.87. The van der Waals surface area contributed by atoms with E-state index in [1.54, 1.807) is 0 Å². The first-order valence-corrected chi connectivity index (χ1v) is 7.86. The van der Waals surface area contributed by atoms with Gasteiger partial charge < -0.3 is 10.6 Å². The second-order valence-electron chi connectivity index (χ2n) is 4.88. The Labute approximate surface area is 127 Å². The van der Waals surface area contributed by atoms with Crippen LogP contribution < -0.4 is 10.6 Å². The Bertz CT molecular complexity index is 693. The van der Waals surface area contributed by atoms with Gasteiger partial charge in [-0.1, -0.05) is 0 Å². The van der Waals surface area contributed by atoms with E-state index in [-0.39, 0.29) is 0 Å². The van der Waals surface area contributed by atoms with E-state index in [2.05, 4.69) is 28.7 Å². The van der Waals surface area contributed by atoms with Crippen LogP contribution in [0.5, 0.6) is 0 Å². The maximum atomic E-state index is 11.3. The molecule has 3 rings (SSSR count). The molecule has 0 unspecified atom stereocenters. The standard InChI is InChI=1S/C14H17N5OS/c1-3-19(4-2)14-16-7-8-5-6-9-11(10(8)18-14)21-13(17-9)12(15)20/h7H,3-6H2,1-2H3,(H2,15,20). The van der Waals surface area contributed by atoms with E-state index in [0.717, 1.165) is 53.7 Å². The van der Waals surface area contributed by atoms with Crippen molar-refractivity contribution in [3.63, 3.8) is 0 Å². The number of hydrogen-bond acceptors (Lipinski definition) is 6. The first-order valence-electron chi connectivity index (χ1n) is 7.04. The predicted molar refractivity (Wildman–Crippen MR) is 82.6 cm³/mol. The zero-order valence-electron chi connectivity index (χ0n) is 12.1. The largest absolute Gasteiger partial charge is 0.364 e.